The van der Waals surface area contributed by atoms with Gasteiger partial charge in [-0.05, 0) is 30.2 Å². The smallest absolute Gasteiger partial charge is 0.253 e. The van der Waals surface area contributed by atoms with Crippen LogP contribution in [0.25, 0.3) is 0 Å². The van der Waals surface area contributed by atoms with Crippen LogP contribution in [-0.2, 0) is 25.7 Å². The molecule has 0 atom stereocenters. The van der Waals surface area contributed by atoms with E-state index in [1.54, 1.807) is 4.90 Å². The lowest BCUT2D eigenvalue weighted by atomic mass is 10.0. The van der Waals surface area contributed by atoms with Crippen molar-refractivity contribution in [1.82, 2.24) is 10.2 Å². The summed E-state index contributed by atoms with van der Waals surface area (Å²) in [6.07, 6.45) is 3.12. The predicted molar refractivity (Wildman–Crippen MR) is 123 cm³/mol. The molecule has 0 bridgehead atoms. The monoisotopic (exact) mass is 441 g/mol. The summed E-state index contributed by atoms with van der Waals surface area (Å²) in [4.78, 5) is 51.2. The van der Waals surface area contributed by atoms with E-state index in [0.717, 1.165) is 27.3 Å². The maximum atomic E-state index is 13.1. The molecule has 2 aromatic carbocycles. The molecule has 0 unspecified atom stereocenters. The highest BCUT2D eigenvalue weighted by molar-refractivity contribution is 6.12. The molecule has 2 aromatic rings. The lowest BCUT2D eigenvalue weighted by molar-refractivity contribution is -0.137. The van der Waals surface area contributed by atoms with Crippen LogP contribution in [0.3, 0.4) is 0 Å². The van der Waals surface area contributed by atoms with E-state index >= 15 is 0 Å². The standard InChI is InChI=1S/C26H23N3O4/c30-23(10-5-17-28-24(31)13-14-25(28)32)27-16-15-26(33)29-18-21-8-2-1-6-19(21)11-12-20-7-3-4-9-22(20)29/h1-4,6-9,13-14H,5,10,15-18H2,(H,27,30). The van der Waals surface area contributed by atoms with Gasteiger partial charge < -0.3 is 10.2 Å². The highest BCUT2D eigenvalue weighted by Crippen LogP contribution is 2.25. The zero-order valence-electron chi connectivity index (χ0n) is 18.0. The van der Waals surface area contributed by atoms with E-state index in [9.17, 15) is 19.2 Å². The van der Waals surface area contributed by atoms with E-state index in [2.05, 4.69) is 17.2 Å². The number of anilines is 1. The average molecular weight is 441 g/mol. The Kier molecular flexibility index (Phi) is 6.65. The van der Waals surface area contributed by atoms with Gasteiger partial charge in [-0.25, -0.2) is 0 Å². The molecule has 0 aliphatic carbocycles. The summed E-state index contributed by atoms with van der Waals surface area (Å²) in [6, 6.07) is 15.3. The van der Waals surface area contributed by atoms with Crippen molar-refractivity contribution in [2.75, 3.05) is 18.0 Å². The van der Waals surface area contributed by atoms with Crippen molar-refractivity contribution in [2.45, 2.75) is 25.8 Å². The van der Waals surface area contributed by atoms with Gasteiger partial charge in [0.05, 0.1) is 12.2 Å². The largest absolute Gasteiger partial charge is 0.356 e. The first kappa shape index (κ1) is 22.0. The van der Waals surface area contributed by atoms with Crippen LogP contribution in [0.1, 0.15) is 36.0 Å². The topological polar surface area (TPSA) is 86.8 Å². The maximum Gasteiger partial charge on any atom is 0.253 e. The van der Waals surface area contributed by atoms with Gasteiger partial charge in [0.25, 0.3) is 11.8 Å². The van der Waals surface area contributed by atoms with Crippen molar-refractivity contribution in [2.24, 2.45) is 0 Å². The zero-order valence-corrected chi connectivity index (χ0v) is 18.0. The number of nitrogens with zero attached hydrogens (tertiary/aromatic N) is 2. The van der Waals surface area contributed by atoms with E-state index in [4.69, 9.17) is 0 Å². The minimum Gasteiger partial charge on any atom is -0.356 e. The Morgan fingerprint density at radius 1 is 0.879 bits per heavy atom. The fraction of sp³-hybridized carbons (Fsp3) is 0.231. The predicted octanol–water partition coefficient (Wildman–Crippen LogP) is 2.14. The second-order valence-electron chi connectivity index (χ2n) is 7.77. The second-order valence-corrected chi connectivity index (χ2v) is 7.77. The number of imide groups is 1. The molecule has 0 saturated heterocycles. The Morgan fingerprint density at radius 3 is 2.33 bits per heavy atom. The minimum absolute atomic E-state index is 0.111. The van der Waals surface area contributed by atoms with Gasteiger partial charge in [-0.3, -0.25) is 24.1 Å². The minimum atomic E-state index is -0.356. The van der Waals surface area contributed by atoms with Crippen molar-refractivity contribution in [1.29, 1.82) is 0 Å². The van der Waals surface area contributed by atoms with Gasteiger partial charge >= 0.3 is 0 Å². The van der Waals surface area contributed by atoms with Crippen LogP contribution < -0.4 is 10.2 Å². The zero-order chi connectivity index (χ0) is 23.2. The molecule has 4 amide bonds. The molecular formula is C26H23N3O4. The van der Waals surface area contributed by atoms with Crippen LogP contribution in [0.4, 0.5) is 5.69 Å². The normalized spacial score (nSPS) is 14.1. The number of hydrogen-bond donors (Lipinski definition) is 1. The number of rotatable bonds is 7. The molecule has 0 aromatic heterocycles. The molecule has 7 nitrogen and oxygen atoms in total. The van der Waals surface area contributed by atoms with Crippen LogP contribution in [-0.4, -0.2) is 41.6 Å². The number of nitrogens with one attached hydrogen (secondary N) is 1. The summed E-state index contributed by atoms with van der Waals surface area (Å²) in [7, 11) is 0. The third-order valence-electron chi connectivity index (χ3n) is 5.52. The van der Waals surface area contributed by atoms with E-state index in [-0.39, 0.29) is 49.6 Å². The molecule has 4 rings (SSSR count). The Bertz CT molecular complexity index is 1190. The third-order valence-corrected chi connectivity index (χ3v) is 5.52. The highest BCUT2D eigenvalue weighted by atomic mass is 16.2. The number of carbonyl (C=O) groups is 4. The number of hydrogen-bond acceptors (Lipinski definition) is 4. The molecule has 2 aliphatic heterocycles. The maximum absolute atomic E-state index is 13.1. The molecule has 1 N–H and O–H groups in total. The molecule has 0 spiro atoms. The van der Waals surface area contributed by atoms with Crippen molar-refractivity contribution in [3.8, 4) is 11.8 Å². The van der Waals surface area contributed by atoms with Crippen LogP contribution >= 0.6 is 0 Å². The van der Waals surface area contributed by atoms with Crippen LogP contribution in [0, 0.1) is 11.8 Å². The van der Waals surface area contributed by atoms with Gasteiger partial charge in [-0.2, -0.15) is 0 Å². The molecule has 0 radical (unpaired) electrons. The summed E-state index contributed by atoms with van der Waals surface area (Å²) in [6.45, 7) is 0.801. The van der Waals surface area contributed by atoms with Crippen LogP contribution in [0.15, 0.2) is 60.7 Å². The molecule has 2 aliphatic rings. The molecular weight excluding hydrogens is 418 g/mol. The van der Waals surface area contributed by atoms with Crippen molar-refractivity contribution >= 4 is 29.3 Å². The van der Waals surface area contributed by atoms with Crippen molar-refractivity contribution in [3.63, 3.8) is 0 Å². The quantitative estimate of drug-likeness (QED) is 0.527. The molecule has 166 valence electrons. The van der Waals surface area contributed by atoms with Gasteiger partial charge in [-0.15, -0.1) is 0 Å². The lowest BCUT2D eigenvalue weighted by Gasteiger charge is -2.26. The van der Waals surface area contributed by atoms with E-state index < -0.39 is 0 Å². The molecule has 33 heavy (non-hydrogen) atoms. The number of fused-ring (bicyclic) bond motifs is 2. The number of amides is 4. The van der Waals surface area contributed by atoms with Gasteiger partial charge in [0.2, 0.25) is 11.8 Å². The first-order valence-electron chi connectivity index (χ1n) is 10.8. The van der Waals surface area contributed by atoms with Crippen LogP contribution in [0.2, 0.25) is 0 Å². The van der Waals surface area contributed by atoms with Gasteiger partial charge in [0.15, 0.2) is 0 Å². The molecule has 0 fully saturated rings. The summed E-state index contributed by atoms with van der Waals surface area (Å²) < 4.78 is 0. The Morgan fingerprint density at radius 2 is 1.55 bits per heavy atom. The summed E-state index contributed by atoms with van der Waals surface area (Å²) in [5.74, 6) is 5.31. The number of para-hydroxylation sites is 1. The Hall–Kier alpha value is -4.18. The first-order valence-corrected chi connectivity index (χ1v) is 10.8. The third kappa shape index (κ3) is 5.18. The SMILES string of the molecule is O=C(CCCN1C(=O)C=CC1=O)NCCC(=O)N1Cc2ccccc2C#Cc2ccccc21. The fourth-order valence-electron chi connectivity index (χ4n) is 3.79. The number of carbonyl (C=O) groups excluding carboxylic acids is 4. The first-order chi connectivity index (χ1) is 16.0. The molecule has 2 heterocycles. The van der Waals surface area contributed by atoms with Gasteiger partial charge in [-0.1, -0.05) is 42.2 Å². The Labute approximate surface area is 192 Å². The van der Waals surface area contributed by atoms with Crippen LogP contribution in [0.5, 0.6) is 0 Å². The highest BCUT2D eigenvalue weighted by Gasteiger charge is 2.23. The second kappa shape index (κ2) is 9.96. The van der Waals surface area contributed by atoms with Crippen molar-refractivity contribution in [3.05, 3.63) is 77.4 Å². The average Bonchev–Trinajstić information content (AvgIpc) is 3.12. The van der Waals surface area contributed by atoms with Gasteiger partial charge in [0.1, 0.15) is 0 Å². The molecule has 7 heteroatoms. The van der Waals surface area contributed by atoms with E-state index in [0.29, 0.717) is 13.0 Å². The fourth-order valence-corrected chi connectivity index (χ4v) is 3.79. The summed E-state index contributed by atoms with van der Waals surface area (Å²) >= 11 is 0. The van der Waals surface area contributed by atoms with E-state index in [1.165, 1.54) is 12.2 Å². The van der Waals surface area contributed by atoms with Gasteiger partial charge in [0, 0.05) is 49.2 Å². The Balaban J connectivity index is 1.33. The molecule has 0 saturated carbocycles. The summed E-state index contributed by atoms with van der Waals surface area (Å²) in [5.41, 5.74) is 3.40. The summed E-state index contributed by atoms with van der Waals surface area (Å²) in [5, 5.41) is 2.75. The lowest BCUT2D eigenvalue weighted by Crippen LogP contribution is -2.35. The number of benzene rings is 2. The van der Waals surface area contributed by atoms with E-state index in [1.807, 2.05) is 48.5 Å². The van der Waals surface area contributed by atoms with Crippen molar-refractivity contribution < 1.29 is 19.2 Å².